The lowest BCUT2D eigenvalue weighted by Crippen LogP contribution is -2.37. The number of nitrogens with two attached hydrogens (primary N) is 1. The van der Waals surface area contributed by atoms with Crippen LogP contribution < -0.4 is 10.6 Å². The van der Waals surface area contributed by atoms with Crippen LogP contribution in [-0.2, 0) is 11.2 Å². The molecule has 19 heavy (non-hydrogen) atoms. The van der Waals surface area contributed by atoms with Crippen molar-refractivity contribution in [2.24, 2.45) is 5.73 Å². The molecule has 4 heteroatoms. The lowest BCUT2D eigenvalue weighted by Gasteiger charge is -2.22. The van der Waals surface area contributed by atoms with Crippen molar-refractivity contribution >= 4 is 23.4 Å². The van der Waals surface area contributed by atoms with Gasteiger partial charge in [0.15, 0.2) is 0 Å². The highest BCUT2D eigenvalue weighted by Gasteiger charge is 2.29. The zero-order valence-electron chi connectivity index (χ0n) is 11.6. The molecule has 0 aliphatic carbocycles. The van der Waals surface area contributed by atoms with Gasteiger partial charge in [0.05, 0.1) is 5.75 Å². The monoisotopic (exact) mass is 278 g/mol. The third-order valence-corrected chi connectivity index (χ3v) is 4.39. The van der Waals surface area contributed by atoms with E-state index in [4.69, 9.17) is 5.73 Å². The molecule has 0 fully saturated rings. The highest BCUT2D eigenvalue weighted by molar-refractivity contribution is 7.99. The number of amides is 1. The number of anilines is 1. The van der Waals surface area contributed by atoms with Crippen molar-refractivity contribution in [2.45, 2.75) is 38.8 Å². The topological polar surface area (TPSA) is 46.3 Å². The molecular formula is C15H22N2OS. The van der Waals surface area contributed by atoms with Gasteiger partial charge in [-0.3, -0.25) is 4.79 Å². The zero-order valence-corrected chi connectivity index (χ0v) is 12.5. The van der Waals surface area contributed by atoms with Crippen LogP contribution in [0.25, 0.3) is 0 Å². The van der Waals surface area contributed by atoms with Gasteiger partial charge < -0.3 is 10.6 Å². The van der Waals surface area contributed by atoms with Crippen molar-refractivity contribution in [3.63, 3.8) is 0 Å². The first-order valence-electron chi connectivity index (χ1n) is 6.83. The van der Waals surface area contributed by atoms with Crippen LogP contribution >= 0.6 is 11.8 Å². The minimum atomic E-state index is 0.215. The molecule has 0 aromatic heterocycles. The molecular weight excluding hydrogens is 256 g/mol. The first-order chi connectivity index (χ1) is 9.09. The van der Waals surface area contributed by atoms with Crippen LogP contribution in [0.4, 0.5) is 5.69 Å². The van der Waals surface area contributed by atoms with Crippen LogP contribution in [0.2, 0.25) is 0 Å². The molecule has 1 amide bonds. The fourth-order valence-electron chi connectivity index (χ4n) is 2.44. The summed E-state index contributed by atoms with van der Waals surface area (Å²) >= 11 is 1.68. The summed E-state index contributed by atoms with van der Waals surface area (Å²) in [7, 11) is 0. The Bertz CT molecular complexity index is 448. The Morgan fingerprint density at radius 2 is 2.26 bits per heavy atom. The summed E-state index contributed by atoms with van der Waals surface area (Å²) in [6.07, 6.45) is 1.93. The van der Waals surface area contributed by atoms with E-state index in [0.29, 0.717) is 5.75 Å². The van der Waals surface area contributed by atoms with Crippen molar-refractivity contribution in [2.75, 3.05) is 16.4 Å². The number of nitrogens with zero attached hydrogens (tertiary/aromatic N) is 1. The second-order valence-electron chi connectivity index (χ2n) is 5.26. The maximum atomic E-state index is 12.3. The van der Waals surface area contributed by atoms with Crippen LogP contribution in [0.15, 0.2) is 24.3 Å². The number of fused-ring (bicyclic) bond motifs is 1. The van der Waals surface area contributed by atoms with Gasteiger partial charge in [-0.05, 0) is 44.1 Å². The molecule has 1 aliphatic rings. The second kappa shape index (κ2) is 6.44. The standard InChI is InChI=1S/C15H22N2OS/c1-11(16)7-8-19-10-15(18)17-12(2)9-13-5-3-4-6-14(13)17/h3-6,11-12H,7-10,16H2,1-2H3. The Labute approximate surface area is 119 Å². The molecule has 1 aromatic carbocycles. The molecule has 0 saturated heterocycles. The Morgan fingerprint density at radius 1 is 1.53 bits per heavy atom. The lowest BCUT2D eigenvalue weighted by molar-refractivity contribution is -0.116. The Hall–Kier alpha value is -1.00. The van der Waals surface area contributed by atoms with Gasteiger partial charge in [-0.1, -0.05) is 18.2 Å². The molecule has 104 valence electrons. The van der Waals surface area contributed by atoms with Crippen molar-refractivity contribution < 1.29 is 4.79 Å². The molecule has 2 rings (SSSR count). The maximum Gasteiger partial charge on any atom is 0.237 e. The average Bonchev–Trinajstić information content (AvgIpc) is 2.70. The van der Waals surface area contributed by atoms with Crippen LogP contribution in [0, 0.1) is 0 Å². The highest BCUT2D eigenvalue weighted by atomic mass is 32.2. The van der Waals surface area contributed by atoms with Gasteiger partial charge in [-0.15, -0.1) is 0 Å². The number of carbonyl (C=O) groups excluding carboxylic acids is 1. The Balaban J connectivity index is 1.92. The first kappa shape index (κ1) is 14.4. The van der Waals surface area contributed by atoms with Gasteiger partial charge in [0.25, 0.3) is 0 Å². The highest BCUT2D eigenvalue weighted by Crippen LogP contribution is 2.32. The summed E-state index contributed by atoms with van der Waals surface area (Å²) in [6.45, 7) is 4.12. The van der Waals surface area contributed by atoms with Crippen LogP contribution in [0.5, 0.6) is 0 Å². The molecule has 0 spiro atoms. The fourth-order valence-corrected chi connectivity index (χ4v) is 3.44. The SMILES string of the molecule is CC(N)CCSCC(=O)N1c2ccccc2CC1C. The van der Waals surface area contributed by atoms with E-state index in [2.05, 4.69) is 13.0 Å². The summed E-state index contributed by atoms with van der Waals surface area (Å²) in [5.41, 5.74) is 8.08. The summed E-state index contributed by atoms with van der Waals surface area (Å²) in [5, 5.41) is 0. The molecule has 1 aromatic rings. The Kier molecular flexibility index (Phi) is 4.88. The van der Waals surface area contributed by atoms with E-state index in [1.54, 1.807) is 11.8 Å². The molecule has 0 radical (unpaired) electrons. The van der Waals surface area contributed by atoms with Gasteiger partial charge >= 0.3 is 0 Å². The molecule has 3 nitrogen and oxygen atoms in total. The van der Waals surface area contributed by atoms with Crippen molar-refractivity contribution in [1.29, 1.82) is 0 Å². The molecule has 2 atom stereocenters. The van der Waals surface area contributed by atoms with Gasteiger partial charge in [-0.2, -0.15) is 11.8 Å². The maximum absolute atomic E-state index is 12.3. The third kappa shape index (κ3) is 3.51. The minimum absolute atomic E-state index is 0.215. The average molecular weight is 278 g/mol. The van der Waals surface area contributed by atoms with E-state index >= 15 is 0 Å². The van der Waals surface area contributed by atoms with Crippen molar-refractivity contribution in [3.05, 3.63) is 29.8 Å². The number of hydrogen-bond acceptors (Lipinski definition) is 3. The van der Waals surface area contributed by atoms with Crippen molar-refractivity contribution in [3.8, 4) is 0 Å². The Morgan fingerprint density at radius 3 is 3.00 bits per heavy atom. The van der Waals surface area contributed by atoms with Crippen LogP contribution in [-0.4, -0.2) is 29.5 Å². The summed E-state index contributed by atoms with van der Waals surface area (Å²) in [5.74, 6) is 1.71. The number of hydrogen-bond donors (Lipinski definition) is 1. The third-order valence-electron chi connectivity index (χ3n) is 3.42. The molecule has 1 aliphatic heterocycles. The van der Waals surface area contributed by atoms with Crippen LogP contribution in [0.1, 0.15) is 25.8 Å². The predicted octanol–water partition coefficient (Wildman–Crippen LogP) is 2.43. The largest absolute Gasteiger partial charge is 0.328 e. The molecule has 0 saturated carbocycles. The normalized spacial score (nSPS) is 19.3. The molecule has 0 bridgehead atoms. The van der Waals surface area contributed by atoms with E-state index in [1.807, 2.05) is 30.0 Å². The van der Waals surface area contributed by atoms with E-state index in [-0.39, 0.29) is 18.0 Å². The van der Waals surface area contributed by atoms with Gasteiger partial charge in [0.1, 0.15) is 0 Å². The van der Waals surface area contributed by atoms with Gasteiger partial charge in [0.2, 0.25) is 5.91 Å². The van der Waals surface area contributed by atoms with E-state index in [1.165, 1.54) is 5.56 Å². The number of carbonyl (C=O) groups is 1. The van der Waals surface area contributed by atoms with Gasteiger partial charge in [0, 0.05) is 17.8 Å². The van der Waals surface area contributed by atoms with Crippen molar-refractivity contribution in [1.82, 2.24) is 0 Å². The summed E-state index contributed by atoms with van der Waals surface area (Å²) in [4.78, 5) is 14.3. The summed E-state index contributed by atoms with van der Waals surface area (Å²) < 4.78 is 0. The minimum Gasteiger partial charge on any atom is -0.328 e. The lowest BCUT2D eigenvalue weighted by atomic mass is 10.1. The number of benzene rings is 1. The van der Waals surface area contributed by atoms with Crippen LogP contribution in [0.3, 0.4) is 0 Å². The number of rotatable bonds is 5. The predicted molar refractivity (Wildman–Crippen MR) is 82.7 cm³/mol. The summed E-state index contributed by atoms with van der Waals surface area (Å²) in [6, 6.07) is 8.69. The number of thioether (sulfide) groups is 1. The first-order valence-corrected chi connectivity index (χ1v) is 7.98. The fraction of sp³-hybridized carbons (Fsp3) is 0.533. The number of para-hydroxylation sites is 1. The van der Waals surface area contributed by atoms with E-state index < -0.39 is 0 Å². The molecule has 2 N–H and O–H groups in total. The smallest absolute Gasteiger partial charge is 0.237 e. The quantitative estimate of drug-likeness (QED) is 0.842. The van der Waals surface area contributed by atoms with E-state index in [9.17, 15) is 4.79 Å². The van der Waals surface area contributed by atoms with Gasteiger partial charge in [-0.25, -0.2) is 0 Å². The second-order valence-corrected chi connectivity index (χ2v) is 6.37. The molecule has 1 heterocycles. The molecule has 2 unspecified atom stereocenters. The zero-order chi connectivity index (χ0) is 13.8. The van der Waals surface area contributed by atoms with E-state index in [0.717, 1.165) is 24.3 Å².